The maximum atomic E-state index is 12.6. The molecule has 0 radical (unpaired) electrons. The molecule has 2 heterocycles. The minimum absolute atomic E-state index is 0.209. The van der Waals surface area contributed by atoms with Crippen LogP contribution < -0.4 is 9.64 Å². The summed E-state index contributed by atoms with van der Waals surface area (Å²) in [5, 5.41) is 0. The fourth-order valence-electron chi connectivity index (χ4n) is 2.77. The summed E-state index contributed by atoms with van der Waals surface area (Å²) < 4.78 is 37.1. The zero-order valence-corrected chi connectivity index (χ0v) is 15.8. The number of hydrogen-bond donors (Lipinski definition) is 0. The van der Waals surface area contributed by atoms with Crippen LogP contribution in [-0.2, 0) is 21.3 Å². The number of morpholine rings is 1. The molecule has 0 atom stereocenters. The van der Waals surface area contributed by atoms with E-state index in [-0.39, 0.29) is 4.90 Å². The lowest BCUT2D eigenvalue weighted by atomic mass is 10.2. The van der Waals surface area contributed by atoms with Gasteiger partial charge in [0.25, 0.3) is 0 Å². The topological polar surface area (TPSA) is 72.0 Å². The van der Waals surface area contributed by atoms with E-state index in [1.54, 1.807) is 19.2 Å². The number of benzene rings is 1. The van der Waals surface area contributed by atoms with Gasteiger partial charge in [0.15, 0.2) is 0 Å². The van der Waals surface area contributed by atoms with Gasteiger partial charge in [0.05, 0.1) is 20.3 Å². The molecule has 0 aliphatic carbocycles. The van der Waals surface area contributed by atoms with Gasteiger partial charge in [-0.1, -0.05) is 12.1 Å². The van der Waals surface area contributed by atoms with Crippen molar-refractivity contribution in [2.75, 3.05) is 45.4 Å². The quantitative estimate of drug-likeness (QED) is 0.764. The van der Waals surface area contributed by atoms with Gasteiger partial charge in [-0.05, 0) is 29.8 Å². The Morgan fingerprint density at radius 3 is 2.42 bits per heavy atom. The largest absolute Gasteiger partial charge is 0.497 e. The van der Waals surface area contributed by atoms with Crippen molar-refractivity contribution in [3.8, 4) is 5.75 Å². The molecule has 140 valence electrons. The normalized spacial score (nSPS) is 15.6. The second kappa shape index (κ2) is 8.03. The van der Waals surface area contributed by atoms with E-state index in [1.807, 2.05) is 36.2 Å². The Kier molecular flexibility index (Phi) is 5.75. The van der Waals surface area contributed by atoms with E-state index >= 15 is 0 Å². The summed E-state index contributed by atoms with van der Waals surface area (Å²) in [5.41, 5.74) is 1.11. The summed E-state index contributed by atoms with van der Waals surface area (Å²) in [6, 6.07) is 11.1. The molecular weight excluding hydrogens is 354 g/mol. The SMILES string of the molecule is COc1ccc(CN(C)c2ccc(S(=O)(=O)N3CCOCC3)cn2)cc1. The molecule has 0 saturated carbocycles. The molecule has 3 rings (SSSR count). The summed E-state index contributed by atoms with van der Waals surface area (Å²) in [6.45, 7) is 2.26. The van der Waals surface area contributed by atoms with Crippen molar-refractivity contribution in [3.63, 3.8) is 0 Å². The number of pyridine rings is 1. The predicted molar refractivity (Wildman–Crippen MR) is 98.9 cm³/mol. The second-order valence-electron chi connectivity index (χ2n) is 6.07. The van der Waals surface area contributed by atoms with Crippen LogP contribution in [0.15, 0.2) is 47.5 Å². The standard InChI is InChI=1S/C18H23N3O4S/c1-20(14-15-3-5-16(24-2)6-4-15)18-8-7-17(13-19-18)26(22,23)21-9-11-25-12-10-21/h3-8,13H,9-12,14H2,1-2H3. The van der Waals surface area contributed by atoms with Crippen LogP contribution in [0.1, 0.15) is 5.56 Å². The van der Waals surface area contributed by atoms with Crippen LogP contribution in [0.5, 0.6) is 5.75 Å². The maximum absolute atomic E-state index is 12.6. The van der Waals surface area contributed by atoms with Crippen molar-refractivity contribution in [1.29, 1.82) is 0 Å². The average molecular weight is 377 g/mol. The molecule has 0 unspecified atom stereocenters. The molecule has 0 spiro atoms. The summed E-state index contributed by atoms with van der Waals surface area (Å²) in [5.74, 6) is 1.52. The highest BCUT2D eigenvalue weighted by Crippen LogP contribution is 2.20. The number of ether oxygens (including phenoxy) is 2. The van der Waals surface area contributed by atoms with Gasteiger partial charge in [-0.25, -0.2) is 13.4 Å². The molecule has 8 heteroatoms. The Hall–Kier alpha value is -2.16. The molecule has 0 bridgehead atoms. The first-order chi connectivity index (χ1) is 12.5. The van der Waals surface area contributed by atoms with Crippen molar-refractivity contribution in [3.05, 3.63) is 48.2 Å². The molecule has 1 aromatic heterocycles. The Morgan fingerprint density at radius 1 is 1.15 bits per heavy atom. The molecule has 0 amide bonds. The van der Waals surface area contributed by atoms with E-state index in [0.29, 0.717) is 38.7 Å². The number of hydrogen-bond acceptors (Lipinski definition) is 6. The zero-order chi connectivity index (χ0) is 18.6. The monoisotopic (exact) mass is 377 g/mol. The van der Waals surface area contributed by atoms with Gasteiger partial charge in [0.2, 0.25) is 10.0 Å². The van der Waals surface area contributed by atoms with Crippen LogP contribution >= 0.6 is 0 Å². The molecule has 1 saturated heterocycles. The maximum Gasteiger partial charge on any atom is 0.244 e. The van der Waals surface area contributed by atoms with Crippen LogP contribution in [-0.4, -0.2) is 58.2 Å². The number of sulfonamides is 1. The Bertz CT molecular complexity index is 817. The summed E-state index contributed by atoms with van der Waals surface area (Å²) >= 11 is 0. The Labute approximate surface area is 154 Å². The van der Waals surface area contributed by atoms with Gasteiger partial charge in [-0.2, -0.15) is 4.31 Å². The van der Waals surface area contributed by atoms with Crippen molar-refractivity contribution in [2.45, 2.75) is 11.4 Å². The number of nitrogens with zero attached hydrogens (tertiary/aromatic N) is 3. The van der Waals surface area contributed by atoms with E-state index in [2.05, 4.69) is 4.98 Å². The van der Waals surface area contributed by atoms with Crippen molar-refractivity contribution >= 4 is 15.8 Å². The average Bonchev–Trinajstić information content (AvgIpc) is 2.69. The minimum atomic E-state index is -3.51. The molecule has 1 fully saturated rings. The number of methoxy groups -OCH3 is 1. The van der Waals surface area contributed by atoms with Gasteiger partial charge in [0.1, 0.15) is 16.5 Å². The van der Waals surface area contributed by atoms with Crippen LogP contribution in [0.25, 0.3) is 0 Å². The van der Waals surface area contributed by atoms with Gasteiger partial charge in [-0.15, -0.1) is 0 Å². The Balaban J connectivity index is 1.69. The lowest BCUT2D eigenvalue weighted by Gasteiger charge is -2.26. The van der Waals surface area contributed by atoms with Crippen LogP contribution in [0, 0.1) is 0 Å². The molecule has 26 heavy (non-hydrogen) atoms. The highest BCUT2D eigenvalue weighted by molar-refractivity contribution is 7.89. The van der Waals surface area contributed by atoms with E-state index in [4.69, 9.17) is 9.47 Å². The third kappa shape index (κ3) is 4.14. The number of rotatable bonds is 6. The van der Waals surface area contributed by atoms with E-state index in [9.17, 15) is 8.42 Å². The summed E-state index contributed by atoms with van der Waals surface area (Å²) in [7, 11) is 0.0432. The molecule has 1 aliphatic rings. The fraction of sp³-hybridized carbons (Fsp3) is 0.389. The second-order valence-corrected chi connectivity index (χ2v) is 8.01. The lowest BCUT2D eigenvalue weighted by Crippen LogP contribution is -2.40. The molecule has 2 aromatic rings. The highest BCUT2D eigenvalue weighted by atomic mass is 32.2. The highest BCUT2D eigenvalue weighted by Gasteiger charge is 2.26. The van der Waals surface area contributed by atoms with Gasteiger partial charge in [0, 0.05) is 32.9 Å². The molecule has 1 aromatic carbocycles. The van der Waals surface area contributed by atoms with Crippen molar-refractivity contribution in [2.24, 2.45) is 0 Å². The number of anilines is 1. The van der Waals surface area contributed by atoms with E-state index < -0.39 is 10.0 Å². The number of aromatic nitrogens is 1. The smallest absolute Gasteiger partial charge is 0.244 e. The molecule has 0 N–H and O–H groups in total. The zero-order valence-electron chi connectivity index (χ0n) is 15.0. The Morgan fingerprint density at radius 2 is 1.85 bits per heavy atom. The van der Waals surface area contributed by atoms with Gasteiger partial charge < -0.3 is 14.4 Å². The van der Waals surface area contributed by atoms with Crippen molar-refractivity contribution < 1.29 is 17.9 Å². The van der Waals surface area contributed by atoms with Crippen LogP contribution in [0.4, 0.5) is 5.82 Å². The molecular formula is C18H23N3O4S. The first kappa shape index (κ1) is 18.6. The van der Waals surface area contributed by atoms with Gasteiger partial charge in [-0.3, -0.25) is 0 Å². The summed E-state index contributed by atoms with van der Waals surface area (Å²) in [4.78, 5) is 6.51. The first-order valence-electron chi connectivity index (χ1n) is 8.39. The van der Waals surface area contributed by atoms with Crippen LogP contribution in [0.3, 0.4) is 0 Å². The molecule has 1 aliphatic heterocycles. The van der Waals surface area contributed by atoms with Crippen LogP contribution in [0.2, 0.25) is 0 Å². The predicted octanol–water partition coefficient (Wildman–Crippen LogP) is 1.75. The third-order valence-electron chi connectivity index (χ3n) is 4.30. The lowest BCUT2D eigenvalue weighted by molar-refractivity contribution is 0.0730. The first-order valence-corrected chi connectivity index (χ1v) is 9.83. The third-order valence-corrected chi connectivity index (χ3v) is 6.18. The van der Waals surface area contributed by atoms with Gasteiger partial charge >= 0.3 is 0 Å². The summed E-state index contributed by atoms with van der Waals surface area (Å²) in [6.07, 6.45) is 1.42. The molecule has 7 nitrogen and oxygen atoms in total. The van der Waals surface area contributed by atoms with E-state index in [0.717, 1.165) is 11.3 Å². The van der Waals surface area contributed by atoms with Crippen molar-refractivity contribution in [1.82, 2.24) is 9.29 Å². The minimum Gasteiger partial charge on any atom is -0.497 e. The fourth-order valence-corrected chi connectivity index (χ4v) is 4.13. The van der Waals surface area contributed by atoms with E-state index in [1.165, 1.54) is 10.5 Å².